The Kier molecular flexibility index (Phi) is 4.76. The third-order valence-electron chi connectivity index (χ3n) is 5.23. The second-order valence-electron chi connectivity index (χ2n) is 8.41. The van der Waals surface area contributed by atoms with E-state index >= 15 is 0 Å². The fraction of sp³-hybridized carbons (Fsp3) is 0.550. The van der Waals surface area contributed by atoms with Gasteiger partial charge in [-0.15, -0.1) is 0 Å². The lowest BCUT2D eigenvalue weighted by atomic mass is 10.1. The van der Waals surface area contributed by atoms with Gasteiger partial charge in [0.1, 0.15) is 18.3 Å². The molecule has 9 nitrogen and oxygen atoms in total. The third-order valence-corrected chi connectivity index (χ3v) is 5.23. The van der Waals surface area contributed by atoms with Crippen LogP contribution in [0.1, 0.15) is 40.5 Å². The molecule has 1 saturated heterocycles. The van der Waals surface area contributed by atoms with Gasteiger partial charge in [0, 0.05) is 32.6 Å². The molecule has 1 aliphatic rings. The van der Waals surface area contributed by atoms with Crippen LogP contribution in [-0.2, 0) is 17.4 Å². The van der Waals surface area contributed by atoms with E-state index < -0.39 is 0 Å². The first-order valence-electron chi connectivity index (χ1n) is 9.95. The summed E-state index contributed by atoms with van der Waals surface area (Å²) in [5.74, 6) is 1.37. The van der Waals surface area contributed by atoms with Crippen LogP contribution in [0.4, 0.5) is 0 Å². The molecule has 1 aliphatic heterocycles. The molecule has 4 rings (SSSR count). The Morgan fingerprint density at radius 3 is 2.79 bits per heavy atom. The van der Waals surface area contributed by atoms with Gasteiger partial charge in [0.2, 0.25) is 11.8 Å². The molecule has 1 amide bonds. The van der Waals surface area contributed by atoms with Crippen molar-refractivity contribution in [1.82, 2.24) is 34.2 Å². The molecule has 0 N–H and O–H groups in total. The molecular weight excluding hydrogens is 370 g/mol. The van der Waals surface area contributed by atoms with Crippen LogP contribution in [0.2, 0.25) is 0 Å². The van der Waals surface area contributed by atoms with E-state index in [1.807, 2.05) is 40.5 Å². The van der Waals surface area contributed by atoms with E-state index in [0.29, 0.717) is 36.6 Å². The lowest BCUT2D eigenvalue weighted by Crippen LogP contribution is -2.30. The minimum atomic E-state index is -0.110. The van der Waals surface area contributed by atoms with Gasteiger partial charge in [0.15, 0.2) is 11.2 Å². The van der Waals surface area contributed by atoms with Crippen LogP contribution in [0.5, 0.6) is 5.88 Å². The summed E-state index contributed by atoms with van der Waals surface area (Å²) in [5, 5.41) is 4.47. The van der Waals surface area contributed by atoms with Gasteiger partial charge in [-0.2, -0.15) is 10.1 Å². The Morgan fingerprint density at radius 1 is 1.31 bits per heavy atom. The Morgan fingerprint density at radius 2 is 2.10 bits per heavy atom. The summed E-state index contributed by atoms with van der Waals surface area (Å²) in [6.45, 7) is 9.47. The van der Waals surface area contributed by atoms with Gasteiger partial charge in [-0.25, -0.2) is 9.97 Å². The maximum atomic E-state index is 11.9. The molecule has 3 aromatic rings. The average Bonchev–Trinajstić information content (AvgIpc) is 3.40. The number of hydrogen-bond acceptors (Lipinski definition) is 6. The largest absolute Gasteiger partial charge is 0.471 e. The van der Waals surface area contributed by atoms with Crippen LogP contribution in [0.15, 0.2) is 18.7 Å². The van der Waals surface area contributed by atoms with Crippen molar-refractivity contribution in [3.8, 4) is 17.3 Å². The fourth-order valence-electron chi connectivity index (χ4n) is 3.56. The summed E-state index contributed by atoms with van der Waals surface area (Å²) < 4.78 is 9.98. The Balaban J connectivity index is 1.63. The van der Waals surface area contributed by atoms with Crippen LogP contribution >= 0.6 is 0 Å². The molecule has 0 spiro atoms. The van der Waals surface area contributed by atoms with E-state index in [1.54, 1.807) is 0 Å². The quantitative estimate of drug-likeness (QED) is 0.671. The molecule has 0 aromatic carbocycles. The molecule has 3 aromatic heterocycles. The van der Waals surface area contributed by atoms with Gasteiger partial charge >= 0.3 is 0 Å². The summed E-state index contributed by atoms with van der Waals surface area (Å²) in [5.41, 5.74) is 2.12. The van der Waals surface area contributed by atoms with E-state index in [4.69, 9.17) is 9.72 Å². The zero-order chi connectivity index (χ0) is 20.8. The van der Waals surface area contributed by atoms with Gasteiger partial charge in [-0.3, -0.25) is 9.48 Å². The Labute approximate surface area is 169 Å². The monoisotopic (exact) mass is 397 g/mol. The predicted molar refractivity (Wildman–Crippen MR) is 108 cm³/mol. The standard InChI is InChI=1S/C20H27N7O2/c1-6-15(28)26-8-7-14(11-26)29-19-16-18(21-12-22-19)25(5)17(24-16)13-9-23-27(10-13)20(2,3)4/h9-10,12,14H,6-8,11H2,1-5H3. The second kappa shape index (κ2) is 7.13. The van der Waals surface area contributed by atoms with Crippen LogP contribution in [0, 0.1) is 0 Å². The normalized spacial score (nSPS) is 17.3. The van der Waals surface area contributed by atoms with Crippen molar-refractivity contribution in [3.63, 3.8) is 0 Å². The zero-order valence-electron chi connectivity index (χ0n) is 17.6. The number of carbonyl (C=O) groups excluding carboxylic acids is 1. The van der Waals surface area contributed by atoms with Crippen molar-refractivity contribution in [2.45, 2.75) is 52.2 Å². The molecule has 0 bridgehead atoms. The fourth-order valence-corrected chi connectivity index (χ4v) is 3.56. The summed E-state index contributed by atoms with van der Waals surface area (Å²) >= 11 is 0. The first-order chi connectivity index (χ1) is 13.8. The average molecular weight is 397 g/mol. The topological polar surface area (TPSA) is 91.0 Å². The van der Waals surface area contributed by atoms with Crippen LogP contribution in [-0.4, -0.2) is 59.3 Å². The van der Waals surface area contributed by atoms with Crippen molar-refractivity contribution in [2.24, 2.45) is 7.05 Å². The molecule has 4 heterocycles. The molecular formula is C20H27N7O2. The molecule has 0 radical (unpaired) electrons. The van der Waals surface area contributed by atoms with Crippen LogP contribution < -0.4 is 4.74 Å². The van der Waals surface area contributed by atoms with Crippen molar-refractivity contribution >= 4 is 17.1 Å². The SMILES string of the molecule is CCC(=O)N1CCC(Oc2ncnc3c2nc(-c2cnn(C(C)(C)C)c2)n3C)C1. The smallest absolute Gasteiger partial charge is 0.245 e. The van der Waals surface area contributed by atoms with Gasteiger partial charge in [-0.1, -0.05) is 6.92 Å². The number of aryl methyl sites for hydroxylation is 1. The van der Waals surface area contributed by atoms with Gasteiger partial charge in [0.25, 0.3) is 0 Å². The van der Waals surface area contributed by atoms with Gasteiger partial charge in [0.05, 0.1) is 23.8 Å². The summed E-state index contributed by atoms with van der Waals surface area (Å²) in [6.07, 6.45) is 6.50. The van der Waals surface area contributed by atoms with Crippen LogP contribution in [0.3, 0.4) is 0 Å². The highest BCUT2D eigenvalue weighted by Crippen LogP contribution is 2.29. The number of fused-ring (bicyclic) bond motifs is 1. The highest BCUT2D eigenvalue weighted by Gasteiger charge is 2.28. The minimum Gasteiger partial charge on any atom is -0.471 e. The van der Waals surface area contributed by atoms with E-state index in [1.165, 1.54) is 6.33 Å². The molecule has 1 atom stereocenters. The zero-order valence-corrected chi connectivity index (χ0v) is 17.6. The van der Waals surface area contributed by atoms with E-state index in [2.05, 4.69) is 35.8 Å². The van der Waals surface area contributed by atoms with E-state index in [9.17, 15) is 4.79 Å². The number of amides is 1. The number of nitrogens with zero attached hydrogens (tertiary/aromatic N) is 7. The Bertz CT molecular complexity index is 1050. The Hall–Kier alpha value is -2.97. The molecule has 9 heteroatoms. The minimum absolute atomic E-state index is 0.0855. The maximum Gasteiger partial charge on any atom is 0.245 e. The number of carbonyl (C=O) groups is 1. The van der Waals surface area contributed by atoms with Crippen molar-refractivity contribution < 1.29 is 9.53 Å². The van der Waals surface area contributed by atoms with Crippen molar-refractivity contribution in [3.05, 3.63) is 18.7 Å². The number of imidazole rings is 1. The summed E-state index contributed by atoms with van der Waals surface area (Å²) in [4.78, 5) is 27.2. The molecule has 0 saturated carbocycles. The number of rotatable bonds is 4. The highest BCUT2D eigenvalue weighted by molar-refractivity contribution is 5.81. The number of hydrogen-bond donors (Lipinski definition) is 0. The third kappa shape index (κ3) is 3.56. The number of ether oxygens (including phenoxy) is 1. The van der Waals surface area contributed by atoms with Crippen molar-refractivity contribution in [1.29, 1.82) is 0 Å². The number of aromatic nitrogens is 6. The molecule has 1 fully saturated rings. The van der Waals surface area contributed by atoms with Crippen LogP contribution in [0.25, 0.3) is 22.6 Å². The predicted octanol–water partition coefficient (Wildman–Crippen LogP) is 2.37. The molecule has 0 aliphatic carbocycles. The summed E-state index contributed by atoms with van der Waals surface area (Å²) in [7, 11) is 1.92. The number of likely N-dealkylation sites (tertiary alicyclic amines) is 1. The second-order valence-corrected chi connectivity index (χ2v) is 8.41. The van der Waals surface area contributed by atoms with E-state index in [-0.39, 0.29) is 17.6 Å². The van der Waals surface area contributed by atoms with E-state index in [0.717, 1.165) is 17.8 Å². The molecule has 29 heavy (non-hydrogen) atoms. The van der Waals surface area contributed by atoms with Gasteiger partial charge < -0.3 is 14.2 Å². The molecule has 154 valence electrons. The highest BCUT2D eigenvalue weighted by atomic mass is 16.5. The lowest BCUT2D eigenvalue weighted by Gasteiger charge is -2.18. The first kappa shape index (κ1) is 19.4. The first-order valence-corrected chi connectivity index (χ1v) is 9.95. The van der Waals surface area contributed by atoms with Gasteiger partial charge in [-0.05, 0) is 20.8 Å². The van der Waals surface area contributed by atoms with Crippen molar-refractivity contribution in [2.75, 3.05) is 13.1 Å². The maximum absolute atomic E-state index is 11.9. The lowest BCUT2D eigenvalue weighted by molar-refractivity contribution is -0.130. The molecule has 1 unspecified atom stereocenters. The summed E-state index contributed by atoms with van der Waals surface area (Å²) in [6, 6.07) is 0.